The van der Waals surface area contributed by atoms with Gasteiger partial charge in [0.2, 0.25) is 0 Å². The highest BCUT2D eigenvalue weighted by atomic mass is 16.3. The lowest BCUT2D eigenvalue weighted by molar-refractivity contribution is 0.661. The molecule has 0 amide bonds. The summed E-state index contributed by atoms with van der Waals surface area (Å²) in [5, 5.41) is 7.59. The van der Waals surface area contributed by atoms with Crippen molar-refractivity contribution in [1.29, 1.82) is 0 Å². The lowest BCUT2D eigenvalue weighted by Crippen LogP contribution is -2.02. The number of rotatable bonds is 2. The number of fused-ring (bicyclic) bond motifs is 11. The van der Waals surface area contributed by atoms with Crippen LogP contribution in [-0.2, 0) is 0 Å². The van der Waals surface area contributed by atoms with Gasteiger partial charge in [0.1, 0.15) is 16.7 Å². The predicted octanol–water partition coefficient (Wildman–Crippen LogP) is 10.2. The molecular formula is C38H21N3O2. The molecule has 0 aliphatic heterocycles. The molecule has 43 heavy (non-hydrogen) atoms. The third kappa shape index (κ3) is 3.11. The highest BCUT2D eigenvalue weighted by Gasteiger charge is 2.24. The molecule has 200 valence electrons. The molecule has 0 radical (unpaired) electrons. The van der Waals surface area contributed by atoms with E-state index in [1.165, 1.54) is 0 Å². The average molecular weight is 552 g/mol. The number of benzene rings is 6. The number of nitrogens with zero attached hydrogens (tertiary/aromatic N) is 3. The van der Waals surface area contributed by atoms with Crippen LogP contribution in [0.4, 0.5) is 0 Å². The molecule has 5 nitrogen and oxygen atoms in total. The second-order valence-electron chi connectivity index (χ2n) is 11.0. The minimum Gasteiger partial charge on any atom is -0.454 e. The van der Waals surface area contributed by atoms with E-state index in [1.807, 2.05) is 48.5 Å². The number of hydrogen-bond acceptors (Lipinski definition) is 4. The zero-order valence-electron chi connectivity index (χ0n) is 22.8. The second-order valence-corrected chi connectivity index (χ2v) is 11.0. The zero-order chi connectivity index (χ0) is 28.1. The van der Waals surface area contributed by atoms with Gasteiger partial charge in [0.05, 0.1) is 11.0 Å². The van der Waals surface area contributed by atoms with Crippen LogP contribution in [0.5, 0.6) is 0 Å². The van der Waals surface area contributed by atoms with Crippen LogP contribution in [0.25, 0.3) is 93.8 Å². The molecule has 6 aromatic carbocycles. The van der Waals surface area contributed by atoms with Crippen LogP contribution in [0.2, 0.25) is 0 Å². The van der Waals surface area contributed by atoms with E-state index in [9.17, 15) is 0 Å². The van der Waals surface area contributed by atoms with Crippen molar-refractivity contribution < 1.29 is 8.83 Å². The first kappa shape index (κ1) is 22.7. The number of para-hydroxylation sites is 2. The summed E-state index contributed by atoms with van der Waals surface area (Å²) >= 11 is 0. The molecule has 0 atom stereocenters. The van der Waals surface area contributed by atoms with Crippen molar-refractivity contribution in [3.63, 3.8) is 0 Å². The lowest BCUT2D eigenvalue weighted by atomic mass is 10.1. The molecule has 0 spiro atoms. The molecule has 0 N–H and O–H groups in total. The Hall–Kier alpha value is -5.94. The van der Waals surface area contributed by atoms with Gasteiger partial charge in [-0.2, -0.15) is 0 Å². The highest BCUT2D eigenvalue weighted by molar-refractivity contribution is 6.22. The van der Waals surface area contributed by atoms with E-state index in [0.717, 1.165) is 76.6 Å². The minimum atomic E-state index is 0.640. The van der Waals surface area contributed by atoms with Gasteiger partial charge in [-0.25, -0.2) is 9.97 Å². The van der Waals surface area contributed by atoms with Crippen LogP contribution in [0, 0.1) is 0 Å². The molecule has 0 aliphatic rings. The van der Waals surface area contributed by atoms with Crippen LogP contribution < -0.4 is 0 Å². The Balaban J connectivity index is 1.43. The SMILES string of the molecule is c1ccc(-c2nc(-n3c4ccccc4c4ccc5c6ccccc6oc5c43)c3oc4cc5ccccc5cc4c3n2)cc1. The third-order valence-corrected chi connectivity index (χ3v) is 8.59. The molecule has 0 saturated carbocycles. The Morgan fingerprint density at radius 3 is 2.07 bits per heavy atom. The predicted molar refractivity (Wildman–Crippen MR) is 174 cm³/mol. The van der Waals surface area contributed by atoms with Crippen molar-refractivity contribution in [2.45, 2.75) is 0 Å². The fourth-order valence-corrected chi connectivity index (χ4v) is 6.63. The van der Waals surface area contributed by atoms with Gasteiger partial charge in [0.25, 0.3) is 0 Å². The number of aromatic nitrogens is 3. The van der Waals surface area contributed by atoms with Crippen molar-refractivity contribution in [2.24, 2.45) is 0 Å². The summed E-state index contributed by atoms with van der Waals surface area (Å²) in [5.41, 5.74) is 6.81. The van der Waals surface area contributed by atoms with Crippen molar-refractivity contribution >= 4 is 76.6 Å². The van der Waals surface area contributed by atoms with Crippen LogP contribution in [0.1, 0.15) is 0 Å². The van der Waals surface area contributed by atoms with Crippen molar-refractivity contribution in [1.82, 2.24) is 14.5 Å². The first-order valence-corrected chi connectivity index (χ1v) is 14.3. The summed E-state index contributed by atoms with van der Waals surface area (Å²) in [5.74, 6) is 1.32. The minimum absolute atomic E-state index is 0.640. The van der Waals surface area contributed by atoms with E-state index in [0.29, 0.717) is 17.2 Å². The van der Waals surface area contributed by atoms with E-state index in [2.05, 4.69) is 83.4 Å². The molecule has 0 aliphatic carbocycles. The van der Waals surface area contributed by atoms with E-state index in [4.69, 9.17) is 18.8 Å². The van der Waals surface area contributed by atoms with Crippen molar-refractivity contribution in [2.75, 3.05) is 0 Å². The Kier molecular flexibility index (Phi) is 4.39. The van der Waals surface area contributed by atoms with Crippen LogP contribution in [0.15, 0.2) is 136 Å². The fourth-order valence-electron chi connectivity index (χ4n) is 6.63. The van der Waals surface area contributed by atoms with Gasteiger partial charge in [0.15, 0.2) is 22.8 Å². The molecule has 0 saturated heterocycles. The summed E-state index contributed by atoms with van der Waals surface area (Å²) in [6, 6.07) is 43.7. The smallest absolute Gasteiger partial charge is 0.197 e. The normalized spacial score (nSPS) is 12.2. The first-order valence-electron chi connectivity index (χ1n) is 14.3. The Morgan fingerprint density at radius 2 is 1.19 bits per heavy atom. The van der Waals surface area contributed by atoms with Crippen LogP contribution >= 0.6 is 0 Å². The quantitative estimate of drug-likeness (QED) is 0.214. The van der Waals surface area contributed by atoms with Gasteiger partial charge < -0.3 is 8.83 Å². The molecule has 0 fully saturated rings. The summed E-state index contributed by atoms with van der Waals surface area (Å²) in [6.07, 6.45) is 0. The molecular weight excluding hydrogens is 530 g/mol. The molecule has 0 bridgehead atoms. The Bertz CT molecular complexity index is 2730. The molecule has 4 aromatic heterocycles. The average Bonchev–Trinajstić information content (AvgIpc) is 3.73. The van der Waals surface area contributed by atoms with E-state index in [-0.39, 0.29) is 0 Å². The lowest BCUT2D eigenvalue weighted by Gasteiger charge is -2.10. The number of hydrogen-bond donors (Lipinski definition) is 0. The highest BCUT2D eigenvalue weighted by Crippen LogP contribution is 2.42. The monoisotopic (exact) mass is 551 g/mol. The number of furan rings is 2. The van der Waals surface area contributed by atoms with Gasteiger partial charge in [-0.1, -0.05) is 97.1 Å². The van der Waals surface area contributed by atoms with Crippen LogP contribution in [-0.4, -0.2) is 14.5 Å². The summed E-state index contributed by atoms with van der Waals surface area (Å²) in [7, 11) is 0. The maximum atomic E-state index is 6.70. The van der Waals surface area contributed by atoms with Crippen molar-refractivity contribution in [3.05, 3.63) is 127 Å². The Labute approximate surface area is 244 Å². The maximum Gasteiger partial charge on any atom is 0.197 e. The molecule has 5 heteroatoms. The first-order chi connectivity index (χ1) is 21.3. The van der Waals surface area contributed by atoms with Gasteiger partial charge >= 0.3 is 0 Å². The fraction of sp³-hybridized carbons (Fsp3) is 0. The maximum absolute atomic E-state index is 6.70. The largest absolute Gasteiger partial charge is 0.454 e. The summed E-state index contributed by atoms with van der Waals surface area (Å²) in [4.78, 5) is 10.4. The van der Waals surface area contributed by atoms with Gasteiger partial charge in [0, 0.05) is 32.5 Å². The second kappa shape index (κ2) is 8.30. The molecule has 0 unspecified atom stereocenters. The summed E-state index contributed by atoms with van der Waals surface area (Å²) in [6.45, 7) is 0. The molecule has 10 rings (SSSR count). The van der Waals surface area contributed by atoms with E-state index < -0.39 is 0 Å². The van der Waals surface area contributed by atoms with Gasteiger partial charge in [-0.05, 0) is 41.1 Å². The summed E-state index contributed by atoms with van der Waals surface area (Å²) < 4.78 is 15.5. The van der Waals surface area contributed by atoms with Crippen LogP contribution in [0.3, 0.4) is 0 Å². The topological polar surface area (TPSA) is 57.0 Å². The zero-order valence-corrected chi connectivity index (χ0v) is 22.8. The molecule has 4 heterocycles. The third-order valence-electron chi connectivity index (χ3n) is 8.59. The van der Waals surface area contributed by atoms with Crippen molar-refractivity contribution in [3.8, 4) is 17.2 Å². The van der Waals surface area contributed by atoms with Gasteiger partial charge in [-0.15, -0.1) is 0 Å². The van der Waals surface area contributed by atoms with Gasteiger partial charge in [-0.3, -0.25) is 4.57 Å². The van der Waals surface area contributed by atoms with E-state index in [1.54, 1.807) is 0 Å². The molecule has 10 aromatic rings. The Morgan fingerprint density at radius 1 is 0.488 bits per heavy atom. The van der Waals surface area contributed by atoms with E-state index >= 15 is 0 Å². The standard InChI is InChI=1S/C38H21N3O2/c1-2-10-22(11-3-1)37-39-33-29-20-23-12-4-5-13-24(23)21-32(29)43-36(33)38(40-37)41-30-16-8-6-14-25(30)27-18-19-28-26-15-7-9-17-31(26)42-35(28)34(27)41/h1-21H.